The van der Waals surface area contributed by atoms with Gasteiger partial charge in [-0.15, -0.1) is 0 Å². The van der Waals surface area contributed by atoms with Crippen molar-refractivity contribution in [2.45, 2.75) is 51.0 Å². The number of benzene rings is 1. The summed E-state index contributed by atoms with van der Waals surface area (Å²) in [6, 6.07) is 8.94. The van der Waals surface area contributed by atoms with Gasteiger partial charge in [0.1, 0.15) is 5.82 Å². The zero-order valence-corrected chi connectivity index (χ0v) is 12.9. The summed E-state index contributed by atoms with van der Waals surface area (Å²) in [6.45, 7) is 2.08. The van der Waals surface area contributed by atoms with Gasteiger partial charge in [-0.05, 0) is 25.3 Å². The standard InChI is InChI=1S/C18H21N3O/c1-12-6-8-13(9-7-12)15-10-17(22)20-18-16(15)11-19-21(18)14-4-2-3-5-14/h6-9,11,14-15H,2-5,10H2,1H3,(H,20,22)/t15-/m1/s1. The van der Waals surface area contributed by atoms with Crippen molar-refractivity contribution in [3.8, 4) is 0 Å². The van der Waals surface area contributed by atoms with Gasteiger partial charge in [0.05, 0.1) is 12.2 Å². The largest absolute Gasteiger partial charge is 0.311 e. The van der Waals surface area contributed by atoms with Gasteiger partial charge in [-0.2, -0.15) is 5.10 Å². The Labute approximate surface area is 130 Å². The number of anilines is 1. The topological polar surface area (TPSA) is 46.9 Å². The number of hydrogen-bond acceptors (Lipinski definition) is 2. The highest BCUT2D eigenvalue weighted by Gasteiger charge is 2.32. The molecule has 4 rings (SSSR count). The van der Waals surface area contributed by atoms with Crippen molar-refractivity contribution in [2.24, 2.45) is 0 Å². The highest BCUT2D eigenvalue weighted by Crippen LogP contribution is 2.40. The van der Waals surface area contributed by atoms with Gasteiger partial charge in [0.25, 0.3) is 0 Å². The predicted molar refractivity (Wildman–Crippen MR) is 86.0 cm³/mol. The summed E-state index contributed by atoms with van der Waals surface area (Å²) < 4.78 is 2.06. The van der Waals surface area contributed by atoms with Crippen LogP contribution in [0.3, 0.4) is 0 Å². The van der Waals surface area contributed by atoms with Gasteiger partial charge in [0.2, 0.25) is 5.91 Å². The van der Waals surface area contributed by atoms with E-state index in [4.69, 9.17) is 0 Å². The molecule has 1 aliphatic heterocycles. The van der Waals surface area contributed by atoms with E-state index in [0.717, 1.165) is 11.4 Å². The van der Waals surface area contributed by atoms with E-state index in [-0.39, 0.29) is 11.8 Å². The molecular weight excluding hydrogens is 274 g/mol. The molecule has 0 spiro atoms. The summed E-state index contributed by atoms with van der Waals surface area (Å²) >= 11 is 0. The molecule has 1 N–H and O–H groups in total. The van der Waals surface area contributed by atoms with Crippen molar-refractivity contribution >= 4 is 11.7 Å². The third kappa shape index (κ3) is 2.23. The van der Waals surface area contributed by atoms with Crippen molar-refractivity contribution in [1.82, 2.24) is 9.78 Å². The van der Waals surface area contributed by atoms with Crippen LogP contribution >= 0.6 is 0 Å². The Morgan fingerprint density at radius 1 is 1.18 bits per heavy atom. The Morgan fingerprint density at radius 2 is 1.91 bits per heavy atom. The quantitative estimate of drug-likeness (QED) is 0.916. The van der Waals surface area contributed by atoms with Crippen LogP contribution in [0.15, 0.2) is 30.5 Å². The van der Waals surface area contributed by atoms with E-state index in [1.165, 1.54) is 36.8 Å². The molecular formula is C18H21N3O. The SMILES string of the molecule is Cc1ccc([C@H]2CC(=O)Nc3c2cnn3C2CCCC2)cc1. The number of aromatic nitrogens is 2. The normalized spacial score (nSPS) is 21.7. The fourth-order valence-corrected chi connectivity index (χ4v) is 3.76. The molecule has 4 nitrogen and oxygen atoms in total. The Morgan fingerprint density at radius 3 is 2.64 bits per heavy atom. The third-order valence-corrected chi connectivity index (χ3v) is 5.00. The highest BCUT2D eigenvalue weighted by molar-refractivity contribution is 5.94. The van der Waals surface area contributed by atoms with Crippen LogP contribution in [0.1, 0.15) is 60.8 Å². The first-order chi connectivity index (χ1) is 10.7. The second-order valence-electron chi connectivity index (χ2n) is 6.55. The van der Waals surface area contributed by atoms with Crippen LogP contribution in [0, 0.1) is 6.92 Å². The molecule has 22 heavy (non-hydrogen) atoms. The Bertz CT molecular complexity index is 696. The molecule has 1 saturated carbocycles. The molecule has 0 radical (unpaired) electrons. The molecule has 0 unspecified atom stereocenters. The maximum absolute atomic E-state index is 12.2. The number of amides is 1. The van der Waals surface area contributed by atoms with Gasteiger partial charge >= 0.3 is 0 Å². The molecule has 114 valence electrons. The zero-order valence-electron chi connectivity index (χ0n) is 12.9. The van der Waals surface area contributed by atoms with Crippen molar-refractivity contribution in [3.05, 3.63) is 47.2 Å². The van der Waals surface area contributed by atoms with Gasteiger partial charge in [-0.1, -0.05) is 42.7 Å². The lowest BCUT2D eigenvalue weighted by Gasteiger charge is -2.25. The number of hydrogen-bond donors (Lipinski definition) is 1. The number of aryl methyl sites for hydroxylation is 1. The zero-order chi connectivity index (χ0) is 15.1. The average Bonchev–Trinajstić information content (AvgIpc) is 3.15. The van der Waals surface area contributed by atoms with Crippen molar-refractivity contribution in [2.75, 3.05) is 5.32 Å². The fraction of sp³-hybridized carbons (Fsp3) is 0.444. The number of fused-ring (bicyclic) bond motifs is 1. The first-order valence-electron chi connectivity index (χ1n) is 8.16. The van der Waals surface area contributed by atoms with Crippen LogP contribution in [-0.2, 0) is 4.79 Å². The van der Waals surface area contributed by atoms with E-state index in [1.54, 1.807) is 0 Å². The van der Waals surface area contributed by atoms with Crippen LogP contribution in [0.25, 0.3) is 0 Å². The maximum Gasteiger partial charge on any atom is 0.226 e. The molecule has 2 heterocycles. The van der Waals surface area contributed by atoms with Crippen LogP contribution < -0.4 is 5.32 Å². The third-order valence-electron chi connectivity index (χ3n) is 5.00. The summed E-state index contributed by atoms with van der Waals surface area (Å²) in [5.41, 5.74) is 3.61. The molecule has 1 aromatic carbocycles. The van der Waals surface area contributed by atoms with Crippen LogP contribution in [0.4, 0.5) is 5.82 Å². The van der Waals surface area contributed by atoms with Crippen molar-refractivity contribution in [3.63, 3.8) is 0 Å². The predicted octanol–water partition coefficient (Wildman–Crippen LogP) is 3.78. The van der Waals surface area contributed by atoms with Crippen molar-refractivity contribution < 1.29 is 4.79 Å². The monoisotopic (exact) mass is 295 g/mol. The van der Waals surface area contributed by atoms with Gasteiger partial charge in [0.15, 0.2) is 0 Å². The minimum absolute atomic E-state index is 0.0952. The molecule has 1 aliphatic carbocycles. The van der Waals surface area contributed by atoms with E-state index in [2.05, 4.69) is 46.3 Å². The second kappa shape index (κ2) is 5.27. The molecule has 1 aromatic heterocycles. The number of rotatable bonds is 2. The summed E-state index contributed by atoms with van der Waals surface area (Å²) in [7, 11) is 0. The van der Waals surface area contributed by atoms with Gasteiger partial charge < -0.3 is 5.32 Å². The van der Waals surface area contributed by atoms with Gasteiger partial charge in [0, 0.05) is 17.9 Å². The van der Waals surface area contributed by atoms with E-state index in [9.17, 15) is 4.79 Å². The second-order valence-corrected chi connectivity index (χ2v) is 6.55. The number of carbonyl (C=O) groups excluding carboxylic acids is 1. The van der Waals surface area contributed by atoms with E-state index in [1.807, 2.05) is 6.20 Å². The lowest BCUT2D eigenvalue weighted by atomic mass is 9.87. The molecule has 0 saturated heterocycles. The number of nitrogens with zero attached hydrogens (tertiary/aromatic N) is 2. The minimum atomic E-state index is 0.0952. The summed E-state index contributed by atoms with van der Waals surface area (Å²) in [4.78, 5) is 12.2. The first-order valence-corrected chi connectivity index (χ1v) is 8.16. The van der Waals surface area contributed by atoms with Crippen molar-refractivity contribution in [1.29, 1.82) is 0 Å². The van der Waals surface area contributed by atoms with Gasteiger partial charge in [-0.25, -0.2) is 4.68 Å². The van der Waals surface area contributed by atoms with Crippen LogP contribution in [0.5, 0.6) is 0 Å². The smallest absolute Gasteiger partial charge is 0.226 e. The maximum atomic E-state index is 12.2. The summed E-state index contributed by atoms with van der Waals surface area (Å²) in [6.07, 6.45) is 7.31. The summed E-state index contributed by atoms with van der Waals surface area (Å²) in [5.74, 6) is 1.14. The fourth-order valence-electron chi connectivity index (χ4n) is 3.76. The Balaban J connectivity index is 1.74. The minimum Gasteiger partial charge on any atom is -0.311 e. The first kappa shape index (κ1) is 13.6. The Kier molecular flexibility index (Phi) is 3.25. The molecule has 1 atom stereocenters. The van der Waals surface area contributed by atoms with E-state index in [0.29, 0.717) is 12.5 Å². The lowest BCUT2D eigenvalue weighted by Crippen LogP contribution is -2.25. The average molecular weight is 295 g/mol. The molecule has 0 bridgehead atoms. The van der Waals surface area contributed by atoms with Crippen LogP contribution in [-0.4, -0.2) is 15.7 Å². The van der Waals surface area contributed by atoms with Crippen LogP contribution in [0.2, 0.25) is 0 Å². The molecule has 4 heteroatoms. The Hall–Kier alpha value is -2.10. The summed E-state index contributed by atoms with van der Waals surface area (Å²) in [5, 5.41) is 7.67. The molecule has 1 fully saturated rings. The number of nitrogens with one attached hydrogen (secondary N) is 1. The number of carbonyl (C=O) groups is 1. The molecule has 2 aliphatic rings. The van der Waals surface area contributed by atoms with Gasteiger partial charge in [-0.3, -0.25) is 4.79 Å². The lowest BCUT2D eigenvalue weighted by molar-refractivity contribution is -0.116. The molecule has 1 amide bonds. The van der Waals surface area contributed by atoms with E-state index < -0.39 is 0 Å². The highest BCUT2D eigenvalue weighted by atomic mass is 16.1. The molecule has 2 aromatic rings. The van der Waals surface area contributed by atoms with E-state index >= 15 is 0 Å².